The molecule has 2 N–H and O–H groups in total. The van der Waals surface area contributed by atoms with Gasteiger partial charge in [-0.2, -0.15) is 0 Å². The average molecular weight is 340 g/mol. The summed E-state index contributed by atoms with van der Waals surface area (Å²) < 4.78 is 0. The molecule has 0 aliphatic heterocycles. The lowest BCUT2D eigenvalue weighted by Gasteiger charge is -2.15. The van der Waals surface area contributed by atoms with Crippen LogP contribution in [-0.4, -0.2) is 12.2 Å². The van der Waals surface area contributed by atoms with E-state index in [1.54, 1.807) is 12.1 Å². The van der Waals surface area contributed by atoms with Crippen LogP contribution in [0.2, 0.25) is 0 Å². The van der Waals surface area contributed by atoms with Gasteiger partial charge in [0.1, 0.15) is 12.2 Å². The number of amides is 2. The zero-order valence-corrected chi connectivity index (χ0v) is 14.2. The van der Waals surface area contributed by atoms with Crippen molar-refractivity contribution in [1.82, 2.24) is 0 Å². The molecule has 0 spiro atoms. The summed E-state index contributed by atoms with van der Waals surface area (Å²) in [6, 6.07) is 11.1. The molecule has 132 valence electrons. The van der Waals surface area contributed by atoms with Gasteiger partial charge in [-0.25, -0.2) is 0 Å². The van der Waals surface area contributed by atoms with Crippen LogP contribution in [0.5, 0.6) is 0 Å². The number of rotatable bonds is 6. The Bertz CT molecular complexity index is 721. The van der Waals surface area contributed by atoms with E-state index in [9.17, 15) is 19.8 Å². The van der Waals surface area contributed by atoms with E-state index < -0.39 is 12.2 Å². The van der Waals surface area contributed by atoms with Crippen molar-refractivity contribution < 1.29 is 19.8 Å². The molecule has 0 radical (unpaired) electrons. The zero-order valence-electron chi connectivity index (χ0n) is 14.2. The second-order valence-corrected chi connectivity index (χ2v) is 5.69. The van der Waals surface area contributed by atoms with E-state index in [-0.39, 0.29) is 0 Å². The predicted octanol–water partition coefficient (Wildman–Crippen LogP) is 1.91. The highest BCUT2D eigenvalue weighted by atomic mass is 16.4. The smallest absolute Gasteiger partial charge is 0.138 e. The number of hydrogen-bond donors (Lipinski definition) is 2. The van der Waals surface area contributed by atoms with Gasteiger partial charge in [0.2, 0.25) is 0 Å². The summed E-state index contributed by atoms with van der Waals surface area (Å²) in [5, 5.41) is 26.0. The summed E-state index contributed by atoms with van der Waals surface area (Å²) in [5.41, 5.74) is 4.95. The van der Waals surface area contributed by atoms with Crippen molar-refractivity contribution in [3.63, 3.8) is 0 Å². The van der Waals surface area contributed by atoms with Crippen LogP contribution in [0.4, 0.5) is 21.0 Å². The first-order chi connectivity index (χ1) is 11.9. The largest absolute Gasteiger partial charge is 0.530 e. The fraction of sp³-hybridized carbons (Fsp3) is 0.263. The molecule has 0 bridgehead atoms. The summed E-state index contributed by atoms with van der Waals surface area (Å²) in [7, 11) is 0. The molecule has 0 fully saturated rings. The van der Waals surface area contributed by atoms with Gasteiger partial charge in [0, 0.05) is 11.4 Å². The summed E-state index contributed by atoms with van der Waals surface area (Å²) in [6.07, 6.45) is -0.606. The molecule has 0 atom stereocenters. The molecule has 0 saturated heterocycles. The lowest BCUT2D eigenvalue weighted by molar-refractivity contribution is -0.243. The number of carbonyl (C=O) groups is 2. The Hall–Kier alpha value is -3.02. The average Bonchev–Trinajstić information content (AvgIpc) is 2.56. The minimum atomic E-state index is -1.33. The van der Waals surface area contributed by atoms with Gasteiger partial charge in [-0.1, -0.05) is 38.1 Å². The first kappa shape index (κ1) is 18.3. The molecule has 2 rings (SSSR count). The van der Waals surface area contributed by atoms with Gasteiger partial charge < -0.3 is 30.4 Å². The van der Waals surface area contributed by atoms with Gasteiger partial charge in [0.15, 0.2) is 0 Å². The first-order valence-corrected chi connectivity index (χ1v) is 8.12. The number of carbonyl (C=O) groups excluding carboxylic acids is 2. The van der Waals surface area contributed by atoms with Crippen LogP contribution in [0.25, 0.3) is 0 Å². The van der Waals surface area contributed by atoms with E-state index >= 15 is 0 Å². The Balaban J connectivity index is 2.24. The first-order valence-electron chi connectivity index (χ1n) is 8.12. The van der Waals surface area contributed by atoms with Crippen LogP contribution in [0.1, 0.15) is 36.1 Å². The lowest BCUT2D eigenvalue weighted by Crippen LogP contribution is -2.29. The SMILES string of the molecule is CCc1cc(Cc2ccc(NC(=O)[O-])c(CC)c2)ccc1NC(=O)[O-]. The second kappa shape index (κ2) is 8.19. The quantitative estimate of drug-likeness (QED) is 0.838. The van der Waals surface area contributed by atoms with E-state index in [0.717, 1.165) is 22.3 Å². The number of carboxylic acid groups (broad SMARTS) is 2. The van der Waals surface area contributed by atoms with Crippen LogP contribution >= 0.6 is 0 Å². The summed E-state index contributed by atoms with van der Waals surface area (Å²) in [4.78, 5) is 21.4. The predicted molar refractivity (Wildman–Crippen MR) is 92.5 cm³/mol. The van der Waals surface area contributed by atoms with Gasteiger partial charge in [0.05, 0.1) is 0 Å². The Morgan fingerprint density at radius 3 is 1.52 bits per heavy atom. The Morgan fingerprint density at radius 1 is 0.800 bits per heavy atom. The van der Waals surface area contributed by atoms with Gasteiger partial charge >= 0.3 is 0 Å². The molecule has 25 heavy (non-hydrogen) atoms. The Labute approximate surface area is 146 Å². The molecule has 2 aromatic carbocycles. The molecule has 0 unspecified atom stereocenters. The standard InChI is InChI=1S/C19H22N2O4/c1-3-14-10-12(5-7-16(14)20-18(22)23)9-13-6-8-17(21-19(24)25)15(4-2)11-13/h5-8,10-11,20-21H,3-4,9H2,1-2H3,(H,22,23)(H,24,25)/p-2. The third-order valence-corrected chi connectivity index (χ3v) is 3.98. The fourth-order valence-electron chi connectivity index (χ4n) is 2.80. The van der Waals surface area contributed by atoms with Crippen LogP contribution in [-0.2, 0) is 19.3 Å². The molecular formula is C19H20N2O4-2. The van der Waals surface area contributed by atoms with Crippen molar-refractivity contribution in [3.8, 4) is 0 Å². The van der Waals surface area contributed by atoms with Crippen molar-refractivity contribution in [2.24, 2.45) is 0 Å². The Morgan fingerprint density at radius 2 is 1.20 bits per heavy atom. The number of anilines is 2. The summed E-state index contributed by atoms with van der Waals surface area (Å²) in [6.45, 7) is 3.91. The molecule has 6 nitrogen and oxygen atoms in total. The highest BCUT2D eigenvalue weighted by Gasteiger charge is 2.06. The van der Waals surface area contributed by atoms with Crippen molar-refractivity contribution in [2.45, 2.75) is 33.1 Å². The van der Waals surface area contributed by atoms with Crippen molar-refractivity contribution in [1.29, 1.82) is 0 Å². The molecule has 0 aliphatic rings. The van der Waals surface area contributed by atoms with E-state index in [1.807, 2.05) is 38.1 Å². The van der Waals surface area contributed by atoms with Crippen molar-refractivity contribution in [2.75, 3.05) is 10.6 Å². The highest BCUT2D eigenvalue weighted by molar-refractivity contribution is 5.83. The minimum absolute atomic E-state index is 0.536. The molecule has 6 heteroatoms. The van der Waals surface area contributed by atoms with Gasteiger partial charge in [-0.15, -0.1) is 0 Å². The molecule has 0 saturated carbocycles. The molecule has 0 heterocycles. The maximum atomic E-state index is 10.7. The molecule has 0 aromatic heterocycles. The topological polar surface area (TPSA) is 104 Å². The van der Waals surface area contributed by atoms with Gasteiger partial charge in [-0.3, -0.25) is 0 Å². The van der Waals surface area contributed by atoms with Crippen LogP contribution in [0.3, 0.4) is 0 Å². The highest BCUT2D eigenvalue weighted by Crippen LogP contribution is 2.23. The number of hydrogen-bond acceptors (Lipinski definition) is 4. The van der Waals surface area contributed by atoms with E-state index in [0.29, 0.717) is 30.6 Å². The van der Waals surface area contributed by atoms with E-state index in [4.69, 9.17) is 0 Å². The number of aryl methyl sites for hydroxylation is 2. The maximum Gasteiger partial charge on any atom is 0.138 e. The minimum Gasteiger partial charge on any atom is -0.530 e. The second-order valence-electron chi connectivity index (χ2n) is 5.69. The third-order valence-electron chi connectivity index (χ3n) is 3.98. The molecule has 0 aliphatic carbocycles. The fourth-order valence-corrected chi connectivity index (χ4v) is 2.80. The van der Waals surface area contributed by atoms with Crippen LogP contribution in [0.15, 0.2) is 36.4 Å². The lowest BCUT2D eigenvalue weighted by atomic mass is 9.98. The molecular weight excluding hydrogens is 320 g/mol. The number of benzene rings is 2. The normalized spacial score (nSPS) is 10.3. The molecule has 2 aromatic rings. The third kappa shape index (κ3) is 4.97. The van der Waals surface area contributed by atoms with Crippen LogP contribution < -0.4 is 20.8 Å². The van der Waals surface area contributed by atoms with Crippen molar-refractivity contribution >= 4 is 23.6 Å². The Kier molecular flexibility index (Phi) is 6.00. The van der Waals surface area contributed by atoms with E-state index in [2.05, 4.69) is 10.6 Å². The van der Waals surface area contributed by atoms with Crippen LogP contribution in [0, 0.1) is 0 Å². The molecule has 2 amide bonds. The zero-order chi connectivity index (χ0) is 18.4. The van der Waals surface area contributed by atoms with Crippen molar-refractivity contribution in [3.05, 3.63) is 58.7 Å². The van der Waals surface area contributed by atoms with Gasteiger partial charge in [-0.05, 0) is 53.6 Å². The van der Waals surface area contributed by atoms with E-state index in [1.165, 1.54) is 0 Å². The summed E-state index contributed by atoms with van der Waals surface area (Å²) in [5.74, 6) is 0. The summed E-state index contributed by atoms with van der Waals surface area (Å²) >= 11 is 0. The number of nitrogens with one attached hydrogen (secondary N) is 2. The maximum absolute atomic E-state index is 10.7. The monoisotopic (exact) mass is 340 g/mol. The van der Waals surface area contributed by atoms with Gasteiger partial charge in [0.25, 0.3) is 0 Å².